The molecule has 0 saturated heterocycles. The highest BCUT2D eigenvalue weighted by Gasteiger charge is 2.54. The predicted molar refractivity (Wildman–Crippen MR) is 169 cm³/mol. The lowest BCUT2D eigenvalue weighted by Crippen LogP contribution is -2.49. The van der Waals surface area contributed by atoms with E-state index in [-0.39, 0.29) is 35.8 Å². The van der Waals surface area contributed by atoms with Crippen LogP contribution in [0.1, 0.15) is 18.4 Å². The van der Waals surface area contributed by atoms with Gasteiger partial charge in [0.15, 0.2) is 17.6 Å². The van der Waals surface area contributed by atoms with Gasteiger partial charge in [-0.05, 0) is 90.5 Å². The van der Waals surface area contributed by atoms with Crippen molar-refractivity contribution in [3.63, 3.8) is 0 Å². The first kappa shape index (κ1) is 32.5. The monoisotopic (exact) mass is 835 g/mol. The molecule has 1 spiro atoms. The van der Waals surface area contributed by atoms with Gasteiger partial charge < -0.3 is 34.6 Å². The number of ketones is 1. The highest BCUT2D eigenvalue weighted by atomic mass is 79.9. The largest absolute Gasteiger partial charge is 0.507 e. The SMILES string of the molecule is COC1=C(Br)C[C@@]2(OC=C1Br)ON=C(C(=O)NCCCOc1c(Br)cc(CCN=CC3=C(O)C=CC3=O)cc1Br)[C@H]2O. The van der Waals surface area contributed by atoms with Crippen LogP contribution in [-0.4, -0.2) is 72.5 Å². The van der Waals surface area contributed by atoms with Crippen LogP contribution in [0.2, 0.25) is 0 Å². The average Bonchev–Trinajstić information content (AvgIpc) is 3.39. The van der Waals surface area contributed by atoms with E-state index in [9.17, 15) is 19.8 Å². The van der Waals surface area contributed by atoms with Gasteiger partial charge in [-0.2, -0.15) is 0 Å². The van der Waals surface area contributed by atoms with Crippen LogP contribution in [0.5, 0.6) is 5.75 Å². The molecule has 11 nitrogen and oxygen atoms in total. The third-order valence-corrected chi connectivity index (χ3v) is 8.60. The molecule has 0 radical (unpaired) electrons. The van der Waals surface area contributed by atoms with Gasteiger partial charge in [-0.15, -0.1) is 0 Å². The lowest BCUT2D eigenvalue weighted by Gasteiger charge is -2.27. The van der Waals surface area contributed by atoms with Gasteiger partial charge in [0.25, 0.3) is 5.91 Å². The number of amides is 1. The number of aliphatic hydroxyl groups is 2. The van der Waals surface area contributed by atoms with Crippen molar-refractivity contribution in [1.29, 1.82) is 0 Å². The maximum atomic E-state index is 12.7. The van der Waals surface area contributed by atoms with E-state index in [0.717, 1.165) is 14.5 Å². The van der Waals surface area contributed by atoms with Gasteiger partial charge in [0, 0.05) is 23.8 Å². The van der Waals surface area contributed by atoms with Gasteiger partial charge in [-0.3, -0.25) is 14.6 Å². The molecule has 15 heteroatoms. The van der Waals surface area contributed by atoms with Crippen LogP contribution in [0.15, 0.2) is 75.7 Å². The number of oxime groups is 1. The number of ether oxygens (including phenoxy) is 3. The zero-order chi connectivity index (χ0) is 30.4. The number of aliphatic hydroxyl groups excluding tert-OH is 2. The molecular weight excluding hydrogens is 814 g/mol. The Morgan fingerprint density at radius 1 is 1.26 bits per heavy atom. The molecule has 1 aromatic carbocycles. The van der Waals surface area contributed by atoms with E-state index in [1.807, 2.05) is 12.1 Å². The number of allylic oxidation sites excluding steroid dienone is 4. The zero-order valence-electron chi connectivity index (χ0n) is 22.0. The lowest BCUT2D eigenvalue weighted by atomic mass is 10.0. The van der Waals surface area contributed by atoms with Crippen molar-refractivity contribution in [3.05, 3.63) is 71.1 Å². The summed E-state index contributed by atoms with van der Waals surface area (Å²) in [6.45, 7) is 0.991. The highest BCUT2D eigenvalue weighted by Crippen LogP contribution is 2.41. The first-order valence-electron chi connectivity index (χ1n) is 12.5. The number of benzene rings is 1. The molecule has 42 heavy (non-hydrogen) atoms. The predicted octanol–water partition coefficient (Wildman–Crippen LogP) is 5.01. The van der Waals surface area contributed by atoms with Gasteiger partial charge in [0.1, 0.15) is 23.5 Å². The van der Waals surface area contributed by atoms with Gasteiger partial charge in [0.05, 0.1) is 39.1 Å². The molecule has 3 aliphatic rings. The molecule has 2 heterocycles. The average molecular weight is 839 g/mol. The van der Waals surface area contributed by atoms with Crippen molar-refractivity contribution in [2.75, 3.05) is 26.8 Å². The van der Waals surface area contributed by atoms with E-state index < -0.39 is 17.8 Å². The fourth-order valence-electron chi connectivity index (χ4n) is 4.07. The summed E-state index contributed by atoms with van der Waals surface area (Å²) in [6, 6.07) is 3.83. The van der Waals surface area contributed by atoms with Crippen LogP contribution in [-0.2, 0) is 30.3 Å². The molecule has 1 aliphatic carbocycles. The van der Waals surface area contributed by atoms with E-state index in [1.165, 1.54) is 31.7 Å². The van der Waals surface area contributed by atoms with Crippen molar-refractivity contribution < 1.29 is 38.9 Å². The fraction of sp³-hybridized carbons (Fsp3) is 0.333. The summed E-state index contributed by atoms with van der Waals surface area (Å²) in [6.07, 6.45) is 5.05. The van der Waals surface area contributed by atoms with Crippen LogP contribution in [0.25, 0.3) is 0 Å². The van der Waals surface area contributed by atoms with E-state index in [1.54, 1.807) is 0 Å². The molecule has 0 bridgehead atoms. The number of aliphatic imine (C=N–C) groups is 1. The highest BCUT2D eigenvalue weighted by molar-refractivity contribution is 9.12. The topological polar surface area (TPSA) is 148 Å². The first-order chi connectivity index (χ1) is 20.1. The normalized spacial score (nSPS) is 21.9. The van der Waals surface area contributed by atoms with Crippen molar-refractivity contribution in [3.8, 4) is 5.75 Å². The van der Waals surface area contributed by atoms with E-state index in [2.05, 4.69) is 79.2 Å². The number of hydrogen-bond donors (Lipinski definition) is 3. The third-order valence-electron chi connectivity index (χ3n) is 6.23. The van der Waals surface area contributed by atoms with Crippen LogP contribution >= 0.6 is 63.7 Å². The zero-order valence-corrected chi connectivity index (χ0v) is 28.4. The summed E-state index contributed by atoms with van der Waals surface area (Å²) in [5.41, 5.74) is 0.970. The minimum atomic E-state index is -1.61. The number of rotatable bonds is 11. The Morgan fingerprint density at radius 3 is 2.67 bits per heavy atom. The molecule has 2 atom stereocenters. The summed E-state index contributed by atoms with van der Waals surface area (Å²) in [5.74, 6) is -1.47. The minimum absolute atomic E-state index is 0.0500. The number of halogens is 4. The molecule has 0 fully saturated rings. The number of nitrogens with one attached hydrogen (secondary N) is 1. The summed E-state index contributed by atoms with van der Waals surface area (Å²) in [4.78, 5) is 34.0. The summed E-state index contributed by atoms with van der Waals surface area (Å²) >= 11 is 13.8. The Hall–Kier alpha value is -2.46. The Labute approximate surface area is 274 Å². The lowest BCUT2D eigenvalue weighted by molar-refractivity contribution is -0.225. The number of carbonyl (C=O) groups excluding carboxylic acids is 2. The van der Waals surface area contributed by atoms with E-state index >= 15 is 0 Å². The smallest absolute Gasteiger partial charge is 0.311 e. The maximum absolute atomic E-state index is 12.7. The molecule has 1 aromatic rings. The van der Waals surface area contributed by atoms with Crippen LogP contribution < -0.4 is 10.1 Å². The van der Waals surface area contributed by atoms with Gasteiger partial charge in [0.2, 0.25) is 0 Å². The quantitative estimate of drug-likeness (QED) is 0.208. The molecule has 1 amide bonds. The molecule has 0 unspecified atom stereocenters. The second kappa shape index (κ2) is 14.3. The number of methoxy groups -OCH3 is 1. The first-order valence-corrected chi connectivity index (χ1v) is 15.7. The van der Waals surface area contributed by atoms with Gasteiger partial charge >= 0.3 is 5.79 Å². The molecule has 2 aliphatic heterocycles. The van der Waals surface area contributed by atoms with E-state index in [4.69, 9.17) is 19.0 Å². The van der Waals surface area contributed by atoms with Crippen LogP contribution in [0.3, 0.4) is 0 Å². The molecule has 0 saturated carbocycles. The maximum Gasteiger partial charge on any atom is 0.311 e. The fourth-order valence-corrected chi connectivity index (χ4v) is 7.11. The van der Waals surface area contributed by atoms with Gasteiger partial charge in [-0.25, -0.2) is 0 Å². The molecule has 224 valence electrons. The molecule has 0 aromatic heterocycles. The van der Waals surface area contributed by atoms with Crippen LogP contribution in [0, 0.1) is 0 Å². The second-order valence-electron chi connectivity index (χ2n) is 9.11. The van der Waals surface area contributed by atoms with E-state index in [0.29, 0.717) is 46.5 Å². The summed E-state index contributed by atoms with van der Waals surface area (Å²) in [5, 5.41) is 27.0. The van der Waals surface area contributed by atoms with Gasteiger partial charge in [-0.1, -0.05) is 21.1 Å². The van der Waals surface area contributed by atoms with Crippen molar-refractivity contribution in [1.82, 2.24) is 5.32 Å². The van der Waals surface area contributed by atoms with Crippen molar-refractivity contribution in [2.24, 2.45) is 10.1 Å². The van der Waals surface area contributed by atoms with Crippen molar-refractivity contribution >= 4 is 87.3 Å². The standard InChI is InChI=1S/C27H25Br4N3O8/c1-39-23-18(30)11-27(41-13-19(23)31)25(37)22(34-42-27)26(38)33-6-2-8-40-24-16(28)9-14(10-17(24)29)5-7-32-12-15-20(35)3-4-21(15)36/h3-4,9-10,12-13,25,35,37H,2,5-8,11H2,1H3,(H,33,38)/t25-,27-/m1/s1. The van der Waals surface area contributed by atoms with Crippen molar-refractivity contribution in [2.45, 2.75) is 31.2 Å². The molecular formula is C27H25Br4N3O8. The van der Waals surface area contributed by atoms with Crippen LogP contribution in [0.4, 0.5) is 0 Å². The Morgan fingerprint density at radius 2 is 2.00 bits per heavy atom. The minimum Gasteiger partial charge on any atom is -0.507 e. The summed E-state index contributed by atoms with van der Waals surface area (Å²) in [7, 11) is 1.49. The summed E-state index contributed by atoms with van der Waals surface area (Å²) < 4.78 is 19.4. The Kier molecular flexibility index (Phi) is 11.1. The Balaban J connectivity index is 1.22. The number of carbonyl (C=O) groups is 2. The molecule has 4 rings (SSSR count). The molecule has 3 N–H and O–H groups in total. The Bertz CT molecular complexity index is 1430. The third kappa shape index (κ3) is 7.36. The second-order valence-corrected chi connectivity index (χ2v) is 12.6. The number of nitrogens with zero attached hydrogens (tertiary/aromatic N) is 2. The number of hydrogen-bond acceptors (Lipinski definition) is 10.